The maximum Gasteiger partial charge on any atom is 0.501 e. The van der Waals surface area contributed by atoms with Crippen LogP contribution in [0.2, 0.25) is 0 Å². The van der Waals surface area contributed by atoms with Crippen molar-refractivity contribution < 1.29 is 27.9 Å². The second-order valence-corrected chi connectivity index (χ2v) is 1.25. The normalized spacial score (nSPS) is 10.3. The van der Waals surface area contributed by atoms with E-state index in [1.807, 2.05) is 0 Å². The molecule has 0 spiro atoms. The molecule has 0 aromatic heterocycles. The van der Waals surface area contributed by atoms with E-state index in [1.165, 1.54) is 0 Å². The van der Waals surface area contributed by atoms with Crippen LogP contribution in [0, 0.1) is 5.53 Å². The minimum absolute atomic E-state index is 1.74. The third-order valence-corrected chi connectivity index (χ3v) is 0.574. The van der Waals surface area contributed by atoms with E-state index in [4.69, 9.17) is 5.53 Å². The minimum Gasteiger partial charge on any atom is -0.538 e. The Morgan fingerprint density at radius 2 is 1.90 bits per heavy atom. The van der Waals surface area contributed by atoms with Gasteiger partial charge in [0.1, 0.15) is 0 Å². The van der Waals surface area contributed by atoms with Crippen molar-refractivity contribution >= 4 is 11.7 Å². The SMILES string of the molecule is N=[N+]=C(C(=O)[O-])C(F)(F)F. The van der Waals surface area contributed by atoms with Crippen molar-refractivity contribution in [3.05, 3.63) is 0 Å². The summed E-state index contributed by atoms with van der Waals surface area (Å²) in [6.45, 7) is 0. The summed E-state index contributed by atoms with van der Waals surface area (Å²) in [6.07, 6.45) is -5.11. The molecule has 7 heteroatoms. The highest BCUT2D eigenvalue weighted by Gasteiger charge is 2.47. The standard InChI is InChI=1S/C3HF3N2O2/c4-3(5,6)1(8-7)2(9)10/h7H. The van der Waals surface area contributed by atoms with Crippen molar-refractivity contribution in [3.63, 3.8) is 0 Å². The Balaban J connectivity index is 4.74. The number of aliphatic carboxylic acids is 1. The van der Waals surface area contributed by atoms with Crippen LogP contribution in [-0.4, -0.2) is 22.6 Å². The van der Waals surface area contributed by atoms with Crippen LogP contribution in [0.5, 0.6) is 0 Å². The van der Waals surface area contributed by atoms with Crippen molar-refractivity contribution in [2.45, 2.75) is 6.18 Å². The fourth-order valence-corrected chi connectivity index (χ4v) is 0.225. The minimum atomic E-state index is -5.11. The van der Waals surface area contributed by atoms with E-state index < -0.39 is 17.9 Å². The molecule has 0 heterocycles. The number of hydrogen-bond acceptors (Lipinski definition) is 3. The lowest BCUT2D eigenvalue weighted by Gasteiger charge is -1.97. The van der Waals surface area contributed by atoms with E-state index in [1.54, 1.807) is 4.79 Å². The highest BCUT2D eigenvalue weighted by Crippen LogP contribution is 2.14. The van der Waals surface area contributed by atoms with Gasteiger partial charge in [-0.05, 0) is 0 Å². The first-order chi connectivity index (χ1) is 4.39. The summed E-state index contributed by atoms with van der Waals surface area (Å²) in [6, 6.07) is 0. The van der Waals surface area contributed by atoms with Crippen molar-refractivity contribution in [1.29, 1.82) is 5.53 Å². The van der Waals surface area contributed by atoms with Gasteiger partial charge in [-0.2, -0.15) is 13.2 Å². The third-order valence-electron chi connectivity index (χ3n) is 0.574. The van der Waals surface area contributed by atoms with Gasteiger partial charge in [0, 0.05) is 0 Å². The van der Waals surface area contributed by atoms with Gasteiger partial charge in [0.2, 0.25) is 0 Å². The second-order valence-electron chi connectivity index (χ2n) is 1.25. The molecule has 56 valence electrons. The van der Waals surface area contributed by atoms with Gasteiger partial charge >= 0.3 is 11.9 Å². The van der Waals surface area contributed by atoms with Crippen molar-refractivity contribution in [2.75, 3.05) is 0 Å². The molecule has 0 saturated carbocycles. The maximum absolute atomic E-state index is 11.3. The smallest absolute Gasteiger partial charge is 0.501 e. The molecule has 0 saturated heterocycles. The summed E-state index contributed by atoms with van der Waals surface area (Å²) < 4.78 is 33.9. The summed E-state index contributed by atoms with van der Waals surface area (Å²) in [5.74, 6) is -2.50. The van der Waals surface area contributed by atoms with E-state index in [0.717, 1.165) is 0 Å². The van der Waals surface area contributed by atoms with Crippen molar-refractivity contribution in [2.24, 2.45) is 0 Å². The molecule has 0 aromatic rings. The van der Waals surface area contributed by atoms with E-state index in [2.05, 4.69) is 0 Å². The first-order valence-electron chi connectivity index (χ1n) is 1.92. The summed E-state index contributed by atoms with van der Waals surface area (Å²) in [4.78, 5) is 11.2. The Bertz CT molecular complexity index is 202. The largest absolute Gasteiger partial charge is 0.538 e. The van der Waals surface area contributed by atoms with Crippen LogP contribution in [0.25, 0.3) is 0 Å². The molecular weight excluding hydrogens is 153 g/mol. The van der Waals surface area contributed by atoms with Crippen LogP contribution in [0.3, 0.4) is 0 Å². The number of carbonyl (C=O) groups excluding carboxylic acids is 1. The maximum atomic E-state index is 11.3. The third kappa shape index (κ3) is 1.87. The number of halogens is 3. The van der Waals surface area contributed by atoms with Crippen LogP contribution < -0.4 is 5.11 Å². The lowest BCUT2D eigenvalue weighted by atomic mass is 10.4. The molecule has 0 aliphatic carbocycles. The van der Waals surface area contributed by atoms with Gasteiger partial charge < -0.3 is 9.90 Å². The number of alkyl halides is 3. The van der Waals surface area contributed by atoms with Crippen molar-refractivity contribution in [3.8, 4) is 0 Å². The van der Waals surface area contributed by atoms with Gasteiger partial charge in [-0.25, -0.2) is 0 Å². The molecule has 0 rings (SSSR count). The molecular formula is C3HF3N2O2. The van der Waals surface area contributed by atoms with Gasteiger partial charge in [0.05, 0.1) is 10.3 Å². The summed E-state index contributed by atoms with van der Waals surface area (Å²) in [5, 5.41) is 9.50. The first kappa shape index (κ1) is 8.64. The molecule has 1 N–H and O–H groups in total. The number of nitrogens with zero attached hydrogens (tertiary/aromatic N) is 1. The first-order valence-corrected chi connectivity index (χ1v) is 1.92. The lowest BCUT2D eigenvalue weighted by molar-refractivity contribution is -0.303. The molecule has 4 nitrogen and oxygen atoms in total. The van der Waals surface area contributed by atoms with Gasteiger partial charge in [-0.15, -0.1) is 0 Å². The fraction of sp³-hybridized carbons (Fsp3) is 0.333. The van der Waals surface area contributed by atoms with Crippen LogP contribution in [-0.2, 0) is 4.79 Å². The molecule has 0 aliphatic rings. The van der Waals surface area contributed by atoms with E-state index in [-0.39, 0.29) is 0 Å². The number of nitrogens with one attached hydrogen (secondary N) is 1. The molecule has 0 amide bonds. The van der Waals surface area contributed by atoms with Crippen LogP contribution >= 0.6 is 0 Å². The van der Waals surface area contributed by atoms with E-state index in [0.29, 0.717) is 0 Å². The highest BCUT2D eigenvalue weighted by molar-refractivity contribution is 6.34. The topological polar surface area (TPSA) is 78.1 Å². The lowest BCUT2D eigenvalue weighted by Crippen LogP contribution is -2.41. The Hall–Kier alpha value is -1.36. The molecule has 10 heavy (non-hydrogen) atoms. The number of rotatable bonds is 1. The second kappa shape index (κ2) is 2.49. The zero-order valence-corrected chi connectivity index (χ0v) is 4.40. The van der Waals surface area contributed by atoms with E-state index >= 15 is 0 Å². The fourth-order valence-electron chi connectivity index (χ4n) is 0.225. The average molecular weight is 154 g/mol. The predicted molar refractivity (Wildman–Crippen MR) is 19.0 cm³/mol. The Kier molecular flexibility index (Phi) is 2.15. The number of carboxylic acid groups (broad SMARTS) is 1. The molecule has 0 atom stereocenters. The molecule has 0 aliphatic heterocycles. The Morgan fingerprint density at radius 1 is 1.50 bits per heavy atom. The van der Waals surface area contributed by atoms with Crippen LogP contribution in [0.1, 0.15) is 0 Å². The van der Waals surface area contributed by atoms with Gasteiger partial charge in [0.15, 0.2) is 5.97 Å². The molecule has 0 unspecified atom stereocenters. The van der Waals surface area contributed by atoms with Gasteiger partial charge in [-0.3, -0.25) is 0 Å². The molecule has 0 bridgehead atoms. The van der Waals surface area contributed by atoms with Gasteiger partial charge in [-0.1, -0.05) is 0 Å². The van der Waals surface area contributed by atoms with Crippen molar-refractivity contribution in [1.82, 2.24) is 0 Å². The number of carboxylic acids is 1. The summed E-state index contributed by atoms with van der Waals surface area (Å²) >= 11 is 0. The van der Waals surface area contributed by atoms with E-state index in [9.17, 15) is 23.1 Å². The molecule has 0 fully saturated rings. The predicted octanol–water partition coefficient (Wildman–Crippen LogP) is -1.02. The zero-order valence-electron chi connectivity index (χ0n) is 4.40. The number of hydrogen-bond donors (Lipinski definition) is 1. The summed E-state index contributed by atoms with van der Waals surface area (Å²) in [5.41, 5.74) is 3.56. The highest BCUT2D eigenvalue weighted by atomic mass is 19.4. The molecule has 0 aromatic carbocycles. The van der Waals surface area contributed by atoms with Crippen LogP contribution in [0.4, 0.5) is 13.2 Å². The molecule has 0 radical (unpaired) electrons. The van der Waals surface area contributed by atoms with Gasteiger partial charge in [0.25, 0.3) is 0 Å². The monoisotopic (exact) mass is 154 g/mol. The average Bonchev–Trinajstić information content (AvgIpc) is 1.60. The zero-order chi connectivity index (χ0) is 8.36. The number of carbonyl (C=O) groups is 1. The Morgan fingerprint density at radius 3 is 1.90 bits per heavy atom. The quantitative estimate of drug-likeness (QED) is 0.298. The Labute approximate surface area is 52.5 Å². The van der Waals surface area contributed by atoms with Crippen LogP contribution in [0.15, 0.2) is 0 Å². The summed E-state index contributed by atoms with van der Waals surface area (Å²) in [7, 11) is 0.